The summed E-state index contributed by atoms with van der Waals surface area (Å²) in [6.07, 6.45) is 0. The first kappa shape index (κ1) is 9.03. The van der Waals surface area contributed by atoms with Crippen LogP contribution in [0.2, 0.25) is 0 Å². The molecule has 0 aromatic heterocycles. The van der Waals surface area contributed by atoms with Crippen molar-refractivity contribution in [3.8, 4) is 0 Å². The minimum absolute atomic E-state index is 0.373. The number of hydrogen-bond acceptors (Lipinski definition) is 2. The first-order chi connectivity index (χ1) is 4.46. The molecule has 58 valence electrons. The van der Waals surface area contributed by atoms with Crippen LogP contribution in [0.1, 0.15) is 0 Å². The number of alkyl halides is 1. The molecule has 1 unspecified atom stereocenters. The molecule has 0 spiro atoms. The minimum atomic E-state index is -1.27. The van der Waals surface area contributed by atoms with E-state index in [0.29, 0.717) is 0 Å². The Kier molecular flexibility index (Phi) is 2.95. The Bertz CT molecular complexity index is 143. The lowest BCUT2D eigenvalue weighted by Gasteiger charge is -2.18. The topological polar surface area (TPSA) is 90.4 Å². The summed E-state index contributed by atoms with van der Waals surface area (Å²) < 4.78 is 0. The molecule has 0 aliphatic carbocycles. The normalized spacial score (nSPS) is 12.2. The summed E-state index contributed by atoms with van der Waals surface area (Å²) in [4.78, 5) is 11.1. The zero-order valence-corrected chi connectivity index (χ0v) is 6.09. The number of nitrogens with zero attached hydrogens (tertiary/aromatic N) is 1. The third-order valence-electron chi connectivity index (χ3n) is 0.924. The molecular formula is C4H8ClN3O2. The van der Waals surface area contributed by atoms with Gasteiger partial charge in [-0.1, -0.05) is 11.6 Å². The van der Waals surface area contributed by atoms with Gasteiger partial charge in [0.2, 0.25) is 5.50 Å². The van der Waals surface area contributed by atoms with Crippen LogP contribution in [0, 0.1) is 5.41 Å². The molecule has 0 bridgehead atoms. The fourth-order valence-corrected chi connectivity index (χ4v) is 0.393. The molecule has 0 amide bonds. The van der Waals surface area contributed by atoms with Crippen molar-refractivity contribution in [1.82, 2.24) is 4.90 Å². The Balaban J connectivity index is 4.07. The molecule has 0 rings (SSSR count). The second kappa shape index (κ2) is 3.26. The second-order valence-electron chi connectivity index (χ2n) is 1.67. The van der Waals surface area contributed by atoms with E-state index in [0.717, 1.165) is 4.90 Å². The van der Waals surface area contributed by atoms with Crippen molar-refractivity contribution in [1.29, 1.82) is 5.41 Å². The number of rotatable bonds is 2. The highest BCUT2D eigenvalue weighted by molar-refractivity contribution is 6.30. The Hall–Kier alpha value is -0.970. The van der Waals surface area contributed by atoms with Crippen LogP contribution in [0.5, 0.6) is 0 Å². The van der Waals surface area contributed by atoms with Gasteiger partial charge >= 0.3 is 5.97 Å². The van der Waals surface area contributed by atoms with Crippen molar-refractivity contribution < 1.29 is 9.90 Å². The number of carbonyl (C=O) groups is 1. The zero-order chi connectivity index (χ0) is 8.31. The van der Waals surface area contributed by atoms with Gasteiger partial charge in [0.1, 0.15) is 0 Å². The Morgan fingerprint density at radius 2 is 2.30 bits per heavy atom. The van der Waals surface area contributed by atoms with E-state index in [1.807, 2.05) is 0 Å². The summed E-state index contributed by atoms with van der Waals surface area (Å²) in [5, 5.41) is 15.1. The van der Waals surface area contributed by atoms with Crippen molar-refractivity contribution in [2.75, 3.05) is 7.05 Å². The van der Waals surface area contributed by atoms with E-state index in [-0.39, 0.29) is 5.96 Å². The number of halogens is 1. The third kappa shape index (κ3) is 2.10. The highest BCUT2D eigenvalue weighted by atomic mass is 35.5. The van der Waals surface area contributed by atoms with E-state index in [1.165, 1.54) is 7.05 Å². The SMILES string of the molecule is CN(C(=N)N)C(Cl)C(=O)O. The number of hydrogen-bond donors (Lipinski definition) is 3. The van der Waals surface area contributed by atoms with Gasteiger partial charge in [0.25, 0.3) is 0 Å². The lowest BCUT2D eigenvalue weighted by atomic mass is 10.6. The average molecular weight is 166 g/mol. The van der Waals surface area contributed by atoms with E-state index in [4.69, 9.17) is 27.9 Å². The lowest BCUT2D eigenvalue weighted by Crippen LogP contribution is -2.42. The van der Waals surface area contributed by atoms with Gasteiger partial charge in [-0.05, 0) is 0 Å². The van der Waals surface area contributed by atoms with Crippen LogP contribution in [0.3, 0.4) is 0 Å². The van der Waals surface area contributed by atoms with Gasteiger partial charge in [-0.25, -0.2) is 4.79 Å². The molecule has 0 radical (unpaired) electrons. The molecule has 0 fully saturated rings. The van der Waals surface area contributed by atoms with Gasteiger partial charge in [-0.3, -0.25) is 5.41 Å². The summed E-state index contributed by atoms with van der Waals surface area (Å²) in [6.45, 7) is 0. The van der Waals surface area contributed by atoms with Crippen LogP contribution in [0.25, 0.3) is 0 Å². The highest BCUT2D eigenvalue weighted by Gasteiger charge is 2.19. The molecular weight excluding hydrogens is 158 g/mol. The van der Waals surface area contributed by atoms with Gasteiger partial charge in [-0.2, -0.15) is 0 Å². The molecule has 0 saturated heterocycles. The van der Waals surface area contributed by atoms with Gasteiger partial charge in [0.05, 0.1) is 0 Å². The van der Waals surface area contributed by atoms with Crippen LogP contribution in [-0.4, -0.2) is 34.5 Å². The number of carboxylic acid groups (broad SMARTS) is 1. The van der Waals surface area contributed by atoms with Gasteiger partial charge in [0, 0.05) is 7.05 Å². The highest BCUT2D eigenvalue weighted by Crippen LogP contribution is 1.99. The fourth-order valence-electron chi connectivity index (χ4n) is 0.288. The molecule has 0 heterocycles. The molecule has 0 saturated carbocycles. The quantitative estimate of drug-likeness (QED) is 0.222. The van der Waals surface area contributed by atoms with E-state index in [2.05, 4.69) is 0 Å². The van der Waals surface area contributed by atoms with Gasteiger partial charge in [-0.15, -0.1) is 0 Å². The van der Waals surface area contributed by atoms with Gasteiger partial charge in [0.15, 0.2) is 5.96 Å². The number of guanidine groups is 1. The summed E-state index contributed by atoms with van der Waals surface area (Å²) in [7, 11) is 1.33. The van der Waals surface area contributed by atoms with Crippen LogP contribution < -0.4 is 5.73 Å². The summed E-state index contributed by atoms with van der Waals surface area (Å²) in [5.74, 6) is -1.60. The second-order valence-corrected chi connectivity index (χ2v) is 2.08. The van der Waals surface area contributed by atoms with Crippen LogP contribution in [0.15, 0.2) is 0 Å². The molecule has 5 nitrogen and oxygen atoms in total. The lowest BCUT2D eigenvalue weighted by molar-refractivity contribution is -0.138. The molecule has 0 aromatic carbocycles. The Morgan fingerprint density at radius 1 is 1.90 bits per heavy atom. The molecule has 4 N–H and O–H groups in total. The molecule has 1 atom stereocenters. The maximum atomic E-state index is 10.1. The molecule has 0 aromatic rings. The molecule has 0 aliphatic heterocycles. The number of carboxylic acids is 1. The Morgan fingerprint density at radius 3 is 2.40 bits per heavy atom. The van der Waals surface area contributed by atoms with Crippen LogP contribution >= 0.6 is 11.6 Å². The van der Waals surface area contributed by atoms with Crippen LogP contribution in [0.4, 0.5) is 0 Å². The van der Waals surface area contributed by atoms with Crippen molar-refractivity contribution in [2.24, 2.45) is 5.73 Å². The van der Waals surface area contributed by atoms with Crippen molar-refractivity contribution in [3.63, 3.8) is 0 Å². The Labute approximate surface area is 62.9 Å². The minimum Gasteiger partial charge on any atom is -0.479 e. The van der Waals surface area contributed by atoms with E-state index < -0.39 is 11.5 Å². The van der Waals surface area contributed by atoms with Crippen molar-refractivity contribution >= 4 is 23.5 Å². The number of nitrogens with one attached hydrogen (secondary N) is 1. The standard InChI is InChI=1S/C4H8ClN3O2/c1-8(4(6)7)2(5)3(9)10/h2H,1H3,(H3,6,7)(H,9,10). The summed E-state index contributed by atoms with van der Waals surface area (Å²) >= 11 is 5.27. The van der Waals surface area contributed by atoms with Crippen molar-refractivity contribution in [2.45, 2.75) is 5.50 Å². The van der Waals surface area contributed by atoms with E-state index in [9.17, 15) is 4.79 Å². The van der Waals surface area contributed by atoms with E-state index >= 15 is 0 Å². The predicted octanol–water partition coefficient (Wildman–Crippen LogP) is -0.539. The number of aliphatic carboxylic acids is 1. The summed E-state index contributed by atoms with van der Waals surface area (Å²) in [5.41, 5.74) is 3.67. The predicted molar refractivity (Wildman–Crippen MR) is 37.0 cm³/mol. The average Bonchev–Trinajstić information content (AvgIpc) is 1.84. The first-order valence-electron chi connectivity index (χ1n) is 2.40. The fraction of sp³-hybridized carbons (Fsp3) is 0.500. The molecule has 6 heteroatoms. The zero-order valence-electron chi connectivity index (χ0n) is 5.34. The smallest absolute Gasteiger partial charge is 0.342 e. The van der Waals surface area contributed by atoms with E-state index in [1.54, 1.807) is 0 Å². The van der Waals surface area contributed by atoms with Gasteiger partial charge < -0.3 is 15.7 Å². The summed E-state index contributed by atoms with van der Waals surface area (Å²) in [6, 6.07) is 0. The first-order valence-corrected chi connectivity index (χ1v) is 2.84. The molecule has 10 heavy (non-hydrogen) atoms. The maximum Gasteiger partial charge on any atom is 0.342 e. The van der Waals surface area contributed by atoms with Crippen molar-refractivity contribution in [3.05, 3.63) is 0 Å². The number of nitrogens with two attached hydrogens (primary N) is 1. The largest absolute Gasteiger partial charge is 0.479 e. The third-order valence-corrected chi connectivity index (χ3v) is 1.40. The molecule has 0 aliphatic rings. The monoisotopic (exact) mass is 165 g/mol. The van der Waals surface area contributed by atoms with Crippen LogP contribution in [-0.2, 0) is 4.79 Å². The number of likely N-dealkylation sites (N-methyl/N-ethyl adjacent to an activating group) is 1. The maximum absolute atomic E-state index is 10.1.